The van der Waals surface area contributed by atoms with Crippen LogP contribution < -0.4 is 31.8 Å². The Kier molecular flexibility index (Phi) is 13.7. The zero-order valence-corrected chi connectivity index (χ0v) is 34.7. The molecule has 0 aliphatic carbocycles. The van der Waals surface area contributed by atoms with Crippen LogP contribution in [0.15, 0.2) is 213 Å². The van der Waals surface area contributed by atoms with Gasteiger partial charge in [0, 0.05) is 21.7 Å². The molecule has 0 amide bonds. The van der Waals surface area contributed by atoms with E-state index >= 15 is 0 Å². The van der Waals surface area contributed by atoms with Crippen molar-refractivity contribution in [1.29, 1.82) is 0 Å². The summed E-state index contributed by atoms with van der Waals surface area (Å²) in [5.41, 5.74) is 1.75. The average molecular weight is 921 g/mol. The van der Waals surface area contributed by atoms with Crippen LogP contribution in [0.25, 0.3) is 22.6 Å². The second kappa shape index (κ2) is 18.7. The fourth-order valence-electron chi connectivity index (χ4n) is 6.29. The van der Waals surface area contributed by atoms with Crippen LogP contribution in [-0.2, 0) is 40.7 Å². The van der Waals surface area contributed by atoms with Crippen molar-refractivity contribution in [3.05, 3.63) is 195 Å². The van der Waals surface area contributed by atoms with Crippen molar-refractivity contribution in [2.75, 3.05) is 0 Å². The molecule has 13 heteroatoms. The van der Waals surface area contributed by atoms with Crippen LogP contribution in [0.2, 0.25) is 0 Å². The first-order chi connectivity index (χ1) is 27.1. The van der Waals surface area contributed by atoms with Crippen molar-refractivity contribution in [2.24, 2.45) is 0 Å². The molecule has 0 spiro atoms. The number of furan rings is 2. The molecule has 2 atom stereocenters. The van der Waals surface area contributed by atoms with Crippen molar-refractivity contribution in [3.8, 4) is 22.6 Å². The molecule has 2 unspecified atom stereocenters. The normalized spacial score (nSPS) is 12.4. The zero-order valence-electron chi connectivity index (χ0n) is 29.8. The van der Waals surface area contributed by atoms with Crippen LogP contribution in [0, 0.1) is 0 Å². The summed E-state index contributed by atoms with van der Waals surface area (Å²) >= 11 is 0. The second-order valence-corrected chi connectivity index (χ2v) is 19.2. The first kappa shape index (κ1) is 41.8. The SMILES string of the molecule is O=S(=O)([O-])c1ccccc1P(c1ccccc1)c1ccccc1-c1ccco1.O=S(=O)([O-])c1ccccc1P(c1ccccc1)c1ccccc1-c1ccco1.[Pd+2]. The minimum Gasteiger partial charge on any atom is -0.744 e. The Hall–Kier alpha value is -4.78. The van der Waals surface area contributed by atoms with E-state index in [1.54, 1.807) is 48.9 Å². The van der Waals surface area contributed by atoms with Crippen molar-refractivity contribution in [3.63, 3.8) is 0 Å². The predicted octanol–water partition coefficient (Wildman–Crippen LogP) is 7.22. The number of benzene rings is 6. The maximum absolute atomic E-state index is 12.0. The van der Waals surface area contributed by atoms with E-state index in [0.717, 1.165) is 32.3 Å². The van der Waals surface area contributed by atoms with E-state index in [-0.39, 0.29) is 30.2 Å². The average Bonchev–Trinajstić information content (AvgIpc) is 3.96. The van der Waals surface area contributed by atoms with Crippen molar-refractivity contribution >= 4 is 67.9 Å². The van der Waals surface area contributed by atoms with E-state index in [1.165, 1.54) is 12.1 Å². The molecular formula is C44H32O8P2PdS2. The van der Waals surface area contributed by atoms with Crippen molar-refractivity contribution in [2.45, 2.75) is 9.79 Å². The predicted molar refractivity (Wildman–Crippen MR) is 222 cm³/mol. The number of hydrogen-bond donors (Lipinski definition) is 0. The Balaban J connectivity index is 0.000000189. The van der Waals surface area contributed by atoms with Gasteiger partial charge in [0.2, 0.25) is 0 Å². The van der Waals surface area contributed by atoms with Crippen molar-refractivity contribution < 1.29 is 55.2 Å². The monoisotopic (exact) mass is 920 g/mol. The summed E-state index contributed by atoms with van der Waals surface area (Å²) in [4.78, 5) is -0.363. The van der Waals surface area contributed by atoms with Crippen molar-refractivity contribution in [1.82, 2.24) is 0 Å². The van der Waals surface area contributed by atoms with Gasteiger partial charge in [-0.05, 0) is 73.5 Å². The molecule has 0 aliphatic rings. The van der Waals surface area contributed by atoms with Gasteiger partial charge in [-0.2, -0.15) is 0 Å². The van der Waals surface area contributed by atoms with E-state index in [0.29, 0.717) is 22.1 Å². The summed E-state index contributed by atoms with van der Waals surface area (Å²) < 4.78 is 83.0. The molecule has 0 fully saturated rings. The van der Waals surface area contributed by atoms with Gasteiger partial charge in [0.15, 0.2) is 0 Å². The molecular weight excluding hydrogens is 889 g/mol. The molecule has 0 bridgehead atoms. The third-order valence-corrected chi connectivity index (χ3v) is 15.9. The summed E-state index contributed by atoms with van der Waals surface area (Å²) in [5.74, 6) is 1.39. The van der Waals surface area contributed by atoms with Gasteiger partial charge in [-0.1, -0.05) is 146 Å². The zero-order chi connectivity index (χ0) is 39.1. The molecule has 2 heterocycles. The second-order valence-electron chi connectivity index (χ2n) is 12.2. The first-order valence-electron chi connectivity index (χ1n) is 17.2. The summed E-state index contributed by atoms with van der Waals surface area (Å²) in [6.45, 7) is 0. The van der Waals surface area contributed by atoms with Gasteiger partial charge in [-0.3, -0.25) is 0 Å². The molecule has 0 saturated heterocycles. The molecule has 6 aromatic carbocycles. The Bertz CT molecular complexity index is 2570. The molecule has 2 aromatic heterocycles. The van der Waals surface area contributed by atoms with Gasteiger partial charge in [0.25, 0.3) is 0 Å². The third-order valence-electron chi connectivity index (χ3n) is 8.64. The topological polar surface area (TPSA) is 141 Å². The molecule has 0 saturated carbocycles. The van der Waals surface area contributed by atoms with Crippen LogP contribution in [-0.4, -0.2) is 25.9 Å². The minimum atomic E-state index is -4.62. The standard InChI is InChI=1S/2C22H17O4PS.Pd/c2*23-28(24,25)22-15-7-6-14-21(22)27(17-9-2-1-3-10-17)20-13-5-4-11-18(20)19-12-8-16-26-19;/h2*1-16H,(H,23,24,25);/q;;+2/p-2. The molecule has 0 N–H and O–H groups in total. The Labute approximate surface area is 347 Å². The molecule has 8 aromatic rings. The Morgan fingerprint density at radius 1 is 0.368 bits per heavy atom. The maximum atomic E-state index is 12.0. The quantitative estimate of drug-likeness (QED) is 0.0797. The molecule has 8 rings (SSSR count). The first-order valence-corrected chi connectivity index (χ1v) is 22.7. The summed E-state index contributed by atoms with van der Waals surface area (Å²) in [5, 5.41) is 4.78. The third kappa shape index (κ3) is 9.68. The van der Waals surface area contributed by atoms with E-state index in [9.17, 15) is 25.9 Å². The van der Waals surface area contributed by atoms with Gasteiger partial charge in [-0.25, -0.2) is 16.8 Å². The Morgan fingerprint density at radius 2 is 0.684 bits per heavy atom. The van der Waals surface area contributed by atoms with Gasteiger partial charge >= 0.3 is 20.4 Å². The maximum Gasteiger partial charge on any atom is 2.00 e. The van der Waals surface area contributed by atoms with Crippen LogP contribution in [0.4, 0.5) is 0 Å². The fourth-order valence-corrected chi connectivity index (χ4v) is 13.6. The van der Waals surface area contributed by atoms with E-state index in [2.05, 4.69) is 0 Å². The van der Waals surface area contributed by atoms with Gasteiger partial charge in [0.1, 0.15) is 31.8 Å². The van der Waals surface area contributed by atoms with E-state index in [4.69, 9.17) is 8.83 Å². The Morgan fingerprint density at radius 3 is 1.02 bits per heavy atom. The fraction of sp³-hybridized carbons (Fsp3) is 0. The summed E-state index contributed by atoms with van der Waals surface area (Å²) in [7, 11) is -11.8. The van der Waals surface area contributed by atoms with Gasteiger partial charge in [-0.15, -0.1) is 0 Å². The molecule has 57 heavy (non-hydrogen) atoms. The molecule has 0 aliphatic heterocycles. The minimum absolute atomic E-state index is 0. The summed E-state index contributed by atoms with van der Waals surface area (Å²) in [6.07, 6.45) is 3.21. The van der Waals surface area contributed by atoms with Crippen LogP contribution in [0.1, 0.15) is 0 Å². The van der Waals surface area contributed by atoms with E-state index < -0.39 is 36.1 Å². The molecule has 8 nitrogen and oxygen atoms in total. The number of hydrogen-bond acceptors (Lipinski definition) is 8. The molecule has 288 valence electrons. The van der Waals surface area contributed by atoms with Gasteiger partial charge in [0.05, 0.1) is 22.3 Å². The van der Waals surface area contributed by atoms with E-state index in [1.807, 2.05) is 133 Å². The largest absolute Gasteiger partial charge is 2.00 e. The van der Waals surface area contributed by atoms with Crippen LogP contribution >= 0.6 is 15.8 Å². The van der Waals surface area contributed by atoms with Crippen LogP contribution in [0.5, 0.6) is 0 Å². The van der Waals surface area contributed by atoms with Crippen LogP contribution in [0.3, 0.4) is 0 Å². The molecule has 0 radical (unpaired) electrons. The number of rotatable bonds is 10. The smallest absolute Gasteiger partial charge is 0.744 e. The van der Waals surface area contributed by atoms with Gasteiger partial charge < -0.3 is 17.9 Å². The summed E-state index contributed by atoms with van der Waals surface area (Å²) in [6, 6.07) is 55.0.